The van der Waals surface area contributed by atoms with Crippen LogP contribution in [0, 0.1) is 0 Å². The Kier molecular flexibility index (Phi) is 4.63. The molecule has 3 aromatic rings. The van der Waals surface area contributed by atoms with Gasteiger partial charge in [0.05, 0.1) is 17.8 Å². The fraction of sp³-hybridized carbons (Fsp3) is 0.550. The Hall–Kier alpha value is -2.25. The van der Waals surface area contributed by atoms with E-state index in [0.717, 1.165) is 68.3 Å². The minimum Gasteiger partial charge on any atom is -0.423 e. The van der Waals surface area contributed by atoms with Crippen molar-refractivity contribution in [2.75, 3.05) is 19.8 Å². The summed E-state index contributed by atoms with van der Waals surface area (Å²) in [6.07, 6.45) is 7.29. The molecule has 4 heterocycles. The van der Waals surface area contributed by atoms with E-state index >= 15 is 0 Å². The van der Waals surface area contributed by atoms with Gasteiger partial charge in [-0.2, -0.15) is 5.10 Å². The van der Waals surface area contributed by atoms with Crippen molar-refractivity contribution in [1.82, 2.24) is 25.3 Å². The van der Waals surface area contributed by atoms with Crippen molar-refractivity contribution in [3.63, 3.8) is 0 Å². The molecule has 2 aromatic heterocycles. The molecule has 0 aliphatic carbocycles. The molecule has 0 spiro atoms. The summed E-state index contributed by atoms with van der Waals surface area (Å²) in [5.74, 6) is 1.91. The number of benzene rings is 1. The van der Waals surface area contributed by atoms with Crippen LogP contribution in [0.2, 0.25) is 0 Å². The molecule has 2 fully saturated rings. The molecule has 2 aliphatic rings. The average Bonchev–Trinajstić information content (AvgIpc) is 3.38. The number of ether oxygens (including phenoxy) is 1. The standard InChI is InChI=1S/C20H25N5O2/c1-2-8-25(13-14-4-5-16-12-21-22-17(16)11-14)18(3-1)20-24-23-19(27-20)15-6-9-26-10-7-15/h4-5,11-12,15,18H,1-3,6-10,13H2,(H,21,22). The van der Waals surface area contributed by atoms with E-state index in [4.69, 9.17) is 9.15 Å². The highest BCUT2D eigenvalue weighted by Gasteiger charge is 2.30. The minimum atomic E-state index is 0.206. The Bertz CT molecular complexity index is 899. The van der Waals surface area contributed by atoms with Gasteiger partial charge in [0.25, 0.3) is 0 Å². The van der Waals surface area contributed by atoms with E-state index in [1.165, 1.54) is 18.4 Å². The maximum absolute atomic E-state index is 6.15. The van der Waals surface area contributed by atoms with Crippen LogP contribution in [-0.4, -0.2) is 45.1 Å². The first-order valence-electron chi connectivity index (χ1n) is 9.94. The maximum atomic E-state index is 6.15. The molecule has 1 aromatic carbocycles. The summed E-state index contributed by atoms with van der Waals surface area (Å²) in [6, 6.07) is 6.71. The summed E-state index contributed by atoms with van der Waals surface area (Å²) >= 11 is 0. The van der Waals surface area contributed by atoms with Crippen molar-refractivity contribution in [2.24, 2.45) is 0 Å². The molecule has 27 heavy (non-hydrogen) atoms. The molecule has 1 atom stereocenters. The number of likely N-dealkylation sites (tertiary alicyclic amines) is 1. The van der Waals surface area contributed by atoms with Gasteiger partial charge < -0.3 is 9.15 Å². The molecule has 0 radical (unpaired) electrons. The van der Waals surface area contributed by atoms with Gasteiger partial charge in [-0.3, -0.25) is 10.00 Å². The molecule has 0 bridgehead atoms. The zero-order chi connectivity index (χ0) is 18.1. The first kappa shape index (κ1) is 16.9. The number of hydrogen-bond donors (Lipinski definition) is 1. The fourth-order valence-electron chi connectivity index (χ4n) is 4.27. The van der Waals surface area contributed by atoms with E-state index < -0.39 is 0 Å². The van der Waals surface area contributed by atoms with Crippen molar-refractivity contribution in [1.29, 1.82) is 0 Å². The van der Waals surface area contributed by atoms with E-state index in [9.17, 15) is 0 Å². The van der Waals surface area contributed by atoms with E-state index in [0.29, 0.717) is 5.92 Å². The van der Waals surface area contributed by atoms with Crippen LogP contribution in [0.3, 0.4) is 0 Å². The van der Waals surface area contributed by atoms with Gasteiger partial charge >= 0.3 is 0 Å². The molecular formula is C20H25N5O2. The zero-order valence-corrected chi connectivity index (χ0v) is 15.4. The van der Waals surface area contributed by atoms with Crippen LogP contribution in [0.4, 0.5) is 0 Å². The third-order valence-corrected chi connectivity index (χ3v) is 5.82. The van der Waals surface area contributed by atoms with Gasteiger partial charge in [0, 0.05) is 31.1 Å². The molecule has 7 nitrogen and oxygen atoms in total. The number of hydrogen-bond acceptors (Lipinski definition) is 6. The lowest BCUT2D eigenvalue weighted by Gasteiger charge is -2.33. The predicted molar refractivity (Wildman–Crippen MR) is 100 cm³/mol. The smallest absolute Gasteiger partial charge is 0.233 e. The molecule has 1 N–H and O–H groups in total. The molecule has 2 saturated heterocycles. The van der Waals surface area contributed by atoms with Gasteiger partial charge in [0.15, 0.2) is 0 Å². The second-order valence-corrected chi connectivity index (χ2v) is 7.64. The van der Waals surface area contributed by atoms with E-state index in [1.807, 2.05) is 6.20 Å². The molecular weight excluding hydrogens is 342 g/mol. The SMILES string of the molecule is c1cc2cn[nH]c2cc1CN1CCCCC1c1nnc(C2CCOCC2)o1. The van der Waals surface area contributed by atoms with Gasteiger partial charge in [0.2, 0.25) is 11.8 Å². The van der Waals surface area contributed by atoms with Crippen LogP contribution < -0.4 is 0 Å². The highest BCUT2D eigenvalue weighted by atomic mass is 16.5. The summed E-state index contributed by atoms with van der Waals surface area (Å²) in [6.45, 7) is 3.51. The lowest BCUT2D eigenvalue weighted by Crippen LogP contribution is -2.33. The van der Waals surface area contributed by atoms with Crippen molar-refractivity contribution >= 4 is 10.9 Å². The van der Waals surface area contributed by atoms with E-state index in [2.05, 4.69) is 43.5 Å². The number of aromatic nitrogens is 4. The summed E-state index contributed by atoms with van der Waals surface area (Å²) in [4.78, 5) is 2.47. The van der Waals surface area contributed by atoms with Crippen LogP contribution >= 0.6 is 0 Å². The first-order valence-corrected chi connectivity index (χ1v) is 9.94. The van der Waals surface area contributed by atoms with E-state index in [-0.39, 0.29) is 6.04 Å². The van der Waals surface area contributed by atoms with Gasteiger partial charge in [-0.05, 0) is 43.9 Å². The molecule has 0 saturated carbocycles. The minimum absolute atomic E-state index is 0.206. The molecule has 5 rings (SSSR count). The van der Waals surface area contributed by atoms with Crippen LogP contribution in [0.5, 0.6) is 0 Å². The monoisotopic (exact) mass is 367 g/mol. The van der Waals surface area contributed by atoms with Crippen LogP contribution in [0.25, 0.3) is 10.9 Å². The van der Waals surface area contributed by atoms with Crippen LogP contribution in [0.1, 0.15) is 61.4 Å². The van der Waals surface area contributed by atoms with E-state index in [1.54, 1.807) is 0 Å². The summed E-state index contributed by atoms with van der Waals surface area (Å²) in [5, 5.41) is 17.1. The van der Waals surface area contributed by atoms with Crippen LogP contribution in [0.15, 0.2) is 28.8 Å². The molecule has 1 unspecified atom stereocenters. The Morgan fingerprint density at radius 2 is 1.96 bits per heavy atom. The van der Waals surface area contributed by atoms with Crippen molar-refractivity contribution in [3.05, 3.63) is 41.7 Å². The van der Waals surface area contributed by atoms with Gasteiger partial charge in [-0.25, -0.2) is 0 Å². The lowest BCUT2D eigenvalue weighted by molar-refractivity contribution is 0.0768. The number of H-pyrrole nitrogens is 1. The summed E-state index contributed by atoms with van der Waals surface area (Å²) in [7, 11) is 0. The Morgan fingerprint density at radius 1 is 1.07 bits per heavy atom. The number of rotatable bonds is 4. The Labute approximate surface area is 158 Å². The average molecular weight is 367 g/mol. The van der Waals surface area contributed by atoms with Crippen molar-refractivity contribution in [2.45, 2.75) is 50.6 Å². The van der Waals surface area contributed by atoms with Gasteiger partial charge in [-0.15, -0.1) is 10.2 Å². The topological polar surface area (TPSA) is 80.1 Å². The molecule has 0 amide bonds. The zero-order valence-electron chi connectivity index (χ0n) is 15.4. The van der Waals surface area contributed by atoms with Gasteiger partial charge in [-0.1, -0.05) is 18.6 Å². The second kappa shape index (κ2) is 7.40. The Balaban J connectivity index is 1.34. The number of fused-ring (bicyclic) bond motifs is 1. The number of piperidine rings is 1. The number of aromatic amines is 1. The highest BCUT2D eigenvalue weighted by molar-refractivity contribution is 5.78. The normalized spacial score (nSPS) is 22.4. The summed E-state index contributed by atoms with van der Waals surface area (Å²) in [5.41, 5.74) is 2.36. The summed E-state index contributed by atoms with van der Waals surface area (Å²) < 4.78 is 11.6. The third kappa shape index (κ3) is 3.49. The highest BCUT2D eigenvalue weighted by Crippen LogP contribution is 2.34. The Morgan fingerprint density at radius 3 is 2.89 bits per heavy atom. The largest absolute Gasteiger partial charge is 0.423 e. The molecule has 7 heteroatoms. The van der Waals surface area contributed by atoms with Crippen molar-refractivity contribution < 1.29 is 9.15 Å². The predicted octanol–water partition coefficient (Wildman–Crippen LogP) is 3.57. The first-order chi connectivity index (χ1) is 13.4. The second-order valence-electron chi connectivity index (χ2n) is 7.64. The quantitative estimate of drug-likeness (QED) is 0.759. The molecule has 2 aliphatic heterocycles. The fourth-order valence-corrected chi connectivity index (χ4v) is 4.27. The number of nitrogens with one attached hydrogen (secondary N) is 1. The van der Waals surface area contributed by atoms with Crippen LogP contribution in [-0.2, 0) is 11.3 Å². The van der Waals surface area contributed by atoms with Crippen molar-refractivity contribution in [3.8, 4) is 0 Å². The molecule has 142 valence electrons. The maximum Gasteiger partial charge on any atom is 0.233 e. The third-order valence-electron chi connectivity index (χ3n) is 5.82. The lowest BCUT2D eigenvalue weighted by atomic mass is 10.00. The van der Waals surface area contributed by atoms with Gasteiger partial charge in [0.1, 0.15) is 0 Å². The number of nitrogens with zero attached hydrogens (tertiary/aromatic N) is 4.